The first-order chi connectivity index (χ1) is 16.6. The molecular formula is C27H27N3O3S. The normalized spacial score (nSPS) is 11.9. The lowest BCUT2D eigenvalue weighted by atomic mass is 10.0. The van der Waals surface area contributed by atoms with Gasteiger partial charge >= 0.3 is 0 Å². The quantitative estimate of drug-likeness (QED) is 0.205. The molecule has 7 heteroatoms. The van der Waals surface area contributed by atoms with Crippen molar-refractivity contribution in [2.45, 2.75) is 30.3 Å². The lowest BCUT2D eigenvalue weighted by Gasteiger charge is -2.17. The largest absolute Gasteiger partial charge is 0.385 e. The number of thioether (sulfide) groups is 1. The molecule has 0 radical (unpaired) electrons. The number of hydrogen-bond donors (Lipinski definition) is 1. The number of nitrogens with zero attached hydrogens (tertiary/aromatic N) is 2. The van der Waals surface area contributed by atoms with Gasteiger partial charge in [0.05, 0.1) is 16.2 Å². The highest BCUT2D eigenvalue weighted by molar-refractivity contribution is 8.00. The van der Waals surface area contributed by atoms with Crippen LogP contribution < -0.4 is 10.9 Å². The monoisotopic (exact) mass is 473 g/mol. The molecule has 1 N–H and O–H groups in total. The molecule has 4 rings (SSSR count). The maximum Gasteiger partial charge on any atom is 0.262 e. The molecule has 0 fully saturated rings. The van der Waals surface area contributed by atoms with E-state index in [0.29, 0.717) is 35.6 Å². The number of carbonyl (C=O) groups excluding carboxylic acids is 1. The van der Waals surface area contributed by atoms with Crippen LogP contribution in [-0.2, 0) is 16.1 Å². The third kappa shape index (κ3) is 5.38. The molecule has 6 nitrogen and oxygen atoms in total. The zero-order chi connectivity index (χ0) is 23.9. The van der Waals surface area contributed by atoms with Gasteiger partial charge in [-0.25, -0.2) is 4.98 Å². The van der Waals surface area contributed by atoms with Gasteiger partial charge in [0.2, 0.25) is 5.91 Å². The average molecular weight is 474 g/mol. The van der Waals surface area contributed by atoms with Gasteiger partial charge in [0.1, 0.15) is 0 Å². The van der Waals surface area contributed by atoms with Crippen LogP contribution in [0, 0.1) is 0 Å². The van der Waals surface area contributed by atoms with E-state index in [1.165, 1.54) is 11.8 Å². The number of hydrogen-bond acceptors (Lipinski definition) is 5. The Hall–Kier alpha value is -3.42. The molecule has 1 amide bonds. The third-order valence-corrected chi connectivity index (χ3v) is 6.57. The zero-order valence-electron chi connectivity index (χ0n) is 19.2. The van der Waals surface area contributed by atoms with Crippen molar-refractivity contribution in [1.29, 1.82) is 0 Å². The number of anilines is 1. The molecule has 0 unspecified atom stereocenters. The second-order valence-corrected chi connectivity index (χ2v) is 9.18. The van der Waals surface area contributed by atoms with Crippen molar-refractivity contribution in [1.82, 2.24) is 9.55 Å². The number of carbonyl (C=O) groups is 1. The van der Waals surface area contributed by atoms with Gasteiger partial charge < -0.3 is 10.1 Å². The minimum absolute atomic E-state index is 0.105. The van der Waals surface area contributed by atoms with E-state index in [2.05, 4.69) is 5.32 Å². The van der Waals surface area contributed by atoms with E-state index in [-0.39, 0.29) is 11.5 Å². The summed E-state index contributed by atoms with van der Waals surface area (Å²) in [6.45, 7) is 2.83. The van der Waals surface area contributed by atoms with Crippen LogP contribution in [0.2, 0.25) is 0 Å². The third-order valence-electron chi connectivity index (χ3n) is 5.48. The smallest absolute Gasteiger partial charge is 0.262 e. The summed E-state index contributed by atoms with van der Waals surface area (Å²) in [5, 5.41) is 3.68. The number of nitrogens with one attached hydrogen (secondary N) is 1. The molecule has 0 bridgehead atoms. The minimum Gasteiger partial charge on any atom is -0.385 e. The van der Waals surface area contributed by atoms with Crippen LogP contribution in [0.4, 0.5) is 5.69 Å². The molecule has 4 aromatic rings. The predicted molar refractivity (Wildman–Crippen MR) is 138 cm³/mol. The van der Waals surface area contributed by atoms with Gasteiger partial charge in [0.15, 0.2) is 5.16 Å². The van der Waals surface area contributed by atoms with Crippen molar-refractivity contribution >= 4 is 34.3 Å². The number of ether oxygens (including phenoxy) is 1. The highest BCUT2D eigenvalue weighted by Crippen LogP contribution is 2.29. The molecule has 1 heterocycles. The van der Waals surface area contributed by atoms with Crippen LogP contribution in [-0.4, -0.2) is 34.4 Å². The molecule has 174 valence electrons. The van der Waals surface area contributed by atoms with E-state index in [4.69, 9.17) is 9.72 Å². The Morgan fingerprint density at radius 1 is 1.03 bits per heavy atom. The van der Waals surface area contributed by atoms with Crippen LogP contribution in [0.5, 0.6) is 0 Å². The minimum atomic E-state index is -0.467. The van der Waals surface area contributed by atoms with Gasteiger partial charge in [-0.3, -0.25) is 14.2 Å². The highest BCUT2D eigenvalue weighted by atomic mass is 32.2. The van der Waals surface area contributed by atoms with Gasteiger partial charge in [-0.15, -0.1) is 0 Å². The molecule has 0 saturated carbocycles. The number of benzene rings is 3. The van der Waals surface area contributed by atoms with E-state index in [9.17, 15) is 9.59 Å². The van der Waals surface area contributed by atoms with E-state index in [1.807, 2.05) is 79.7 Å². The zero-order valence-corrected chi connectivity index (χ0v) is 20.0. The average Bonchev–Trinajstić information content (AvgIpc) is 2.87. The summed E-state index contributed by atoms with van der Waals surface area (Å²) < 4.78 is 6.80. The molecule has 0 aliphatic carbocycles. The Labute approximate surface area is 203 Å². The summed E-state index contributed by atoms with van der Waals surface area (Å²) in [7, 11) is 1.64. The topological polar surface area (TPSA) is 73.2 Å². The van der Waals surface area contributed by atoms with E-state index >= 15 is 0 Å². The maximum absolute atomic E-state index is 13.2. The Balaban J connectivity index is 1.59. The first kappa shape index (κ1) is 23.7. The Morgan fingerprint density at radius 2 is 1.74 bits per heavy atom. The van der Waals surface area contributed by atoms with Crippen LogP contribution in [0.25, 0.3) is 22.0 Å². The molecule has 0 saturated heterocycles. The number of para-hydroxylation sites is 2. The number of amides is 1. The molecule has 3 aromatic carbocycles. The summed E-state index contributed by atoms with van der Waals surface area (Å²) in [6, 6.07) is 25.0. The lowest BCUT2D eigenvalue weighted by Crippen LogP contribution is -2.27. The maximum atomic E-state index is 13.2. The van der Waals surface area contributed by atoms with Crippen molar-refractivity contribution in [3.8, 4) is 11.1 Å². The number of methoxy groups -OCH3 is 1. The summed E-state index contributed by atoms with van der Waals surface area (Å²) in [4.78, 5) is 31.0. The van der Waals surface area contributed by atoms with E-state index in [0.717, 1.165) is 16.8 Å². The Bertz CT molecular complexity index is 1340. The second-order valence-electron chi connectivity index (χ2n) is 7.88. The first-order valence-electron chi connectivity index (χ1n) is 11.2. The van der Waals surface area contributed by atoms with Crippen LogP contribution in [0.1, 0.15) is 13.3 Å². The van der Waals surface area contributed by atoms with Gasteiger partial charge in [-0.05, 0) is 37.1 Å². The Morgan fingerprint density at radius 3 is 2.53 bits per heavy atom. The molecule has 0 aliphatic heterocycles. The number of fused-ring (bicyclic) bond motifs is 1. The van der Waals surface area contributed by atoms with Crippen molar-refractivity contribution in [2.75, 3.05) is 19.0 Å². The van der Waals surface area contributed by atoms with Gasteiger partial charge in [0, 0.05) is 31.5 Å². The first-order valence-corrected chi connectivity index (χ1v) is 12.1. The van der Waals surface area contributed by atoms with Crippen molar-refractivity contribution in [2.24, 2.45) is 0 Å². The molecule has 0 aliphatic rings. The number of rotatable bonds is 9. The van der Waals surface area contributed by atoms with Gasteiger partial charge in [0.25, 0.3) is 5.56 Å². The molecule has 0 spiro atoms. The van der Waals surface area contributed by atoms with Gasteiger partial charge in [-0.2, -0.15) is 0 Å². The Kier molecular flexibility index (Phi) is 7.77. The van der Waals surface area contributed by atoms with Crippen LogP contribution in [0.15, 0.2) is 88.8 Å². The van der Waals surface area contributed by atoms with Gasteiger partial charge in [-0.1, -0.05) is 72.4 Å². The van der Waals surface area contributed by atoms with Crippen molar-refractivity contribution < 1.29 is 9.53 Å². The standard InChI is InChI=1S/C27H27N3O3S/c1-19(25(31)28-23-15-8-6-13-21(23)20-11-4-3-5-12-20)34-27-29-24-16-9-7-14-22(24)26(32)30(27)17-10-18-33-2/h3-9,11-16,19H,10,17-18H2,1-2H3,(H,28,31)/t19-/m1/s1. The van der Waals surface area contributed by atoms with Crippen molar-refractivity contribution in [3.63, 3.8) is 0 Å². The van der Waals surface area contributed by atoms with Crippen LogP contribution >= 0.6 is 11.8 Å². The predicted octanol–water partition coefficient (Wildman–Crippen LogP) is 5.22. The molecule has 34 heavy (non-hydrogen) atoms. The van der Waals surface area contributed by atoms with E-state index < -0.39 is 5.25 Å². The summed E-state index contributed by atoms with van der Waals surface area (Å²) in [5.74, 6) is -0.153. The van der Waals surface area contributed by atoms with Crippen molar-refractivity contribution in [3.05, 3.63) is 89.2 Å². The fraction of sp³-hybridized carbons (Fsp3) is 0.222. The summed E-state index contributed by atoms with van der Waals surface area (Å²) in [6.07, 6.45) is 0.676. The number of aromatic nitrogens is 2. The molecular weight excluding hydrogens is 446 g/mol. The van der Waals surface area contributed by atoms with Crippen LogP contribution in [0.3, 0.4) is 0 Å². The second kappa shape index (κ2) is 11.1. The summed E-state index contributed by atoms with van der Waals surface area (Å²) >= 11 is 1.29. The highest BCUT2D eigenvalue weighted by Gasteiger charge is 2.20. The fourth-order valence-electron chi connectivity index (χ4n) is 3.71. The molecule has 1 atom stereocenters. The van der Waals surface area contributed by atoms with E-state index in [1.54, 1.807) is 17.7 Å². The SMILES string of the molecule is COCCCn1c(S[C@H](C)C(=O)Nc2ccccc2-c2ccccc2)nc2ccccc2c1=O. The summed E-state index contributed by atoms with van der Waals surface area (Å²) in [5.41, 5.74) is 3.25. The lowest BCUT2D eigenvalue weighted by molar-refractivity contribution is -0.115. The molecule has 1 aromatic heterocycles. The fourth-order valence-corrected chi connectivity index (χ4v) is 4.64.